The van der Waals surface area contributed by atoms with Gasteiger partial charge in [0.05, 0.1) is 10.9 Å². The molecule has 0 unspecified atom stereocenters. The highest BCUT2D eigenvalue weighted by Gasteiger charge is 2.22. The lowest BCUT2D eigenvalue weighted by atomic mass is 9.99. The Balaban J connectivity index is 2.48. The summed E-state index contributed by atoms with van der Waals surface area (Å²) in [5.41, 5.74) is -3.14. The van der Waals surface area contributed by atoms with Crippen molar-refractivity contribution in [1.82, 2.24) is 4.98 Å². The summed E-state index contributed by atoms with van der Waals surface area (Å²) in [6.45, 7) is 0. The maximum atomic E-state index is 14.2. The highest BCUT2D eigenvalue weighted by molar-refractivity contribution is 5.98. The molecule has 2 N–H and O–H groups in total. The van der Waals surface area contributed by atoms with Gasteiger partial charge < -0.3 is 10.1 Å². The lowest BCUT2D eigenvalue weighted by Gasteiger charge is -2.11. The topological polar surface area (TPSA) is 70.2 Å². The number of rotatable bonds is 2. The Hall–Kier alpha value is -3.16. The zero-order valence-electron chi connectivity index (χ0n) is 11.7. The van der Waals surface area contributed by atoms with Crippen LogP contribution in [-0.4, -0.2) is 16.1 Å². The van der Waals surface area contributed by atoms with Crippen LogP contribution in [0.1, 0.15) is 10.4 Å². The molecule has 3 rings (SSSR count). The van der Waals surface area contributed by atoms with Crippen LogP contribution in [0.3, 0.4) is 0 Å². The van der Waals surface area contributed by atoms with Gasteiger partial charge in [0.25, 0.3) is 0 Å². The molecule has 0 saturated heterocycles. The van der Waals surface area contributed by atoms with E-state index in [9.17, 15) is 27.2 Å². The number of hydrogen-bond donors (Lipinski definition) is 2. The zero-order valence-corrected chi connectivity index (χ0v) is 11.7. The summed E-state index contributed by atoms with van der Waals surface area (Å²) >= 11 is 0. The predicted molar refractivity (Wildman–Crippen MR) is 76.8 cm³/mol. The van der Waals surface area contributed by atoms with Crippen LogP contribution < -0.4 is 5.43 Å². The molecule has 0 aliphatic carbocycles. The number of aromatic carboxylic acids is 1. The summed E-state index contributed by atoms with van der Waals surface area (Å²) in [6.07, 6.45) is 0.801. The first-order valence-corrected chi connectivity index (χ1v) is 6.53. The number of aromatic nitrogens is 1. The smallest absolute Gasteiger partial charge is 0.341 e. The van der Waals surface area contributed by atoms with Crippen molar-refractivity contribution in [1.29, 1.82) is 0 Å². The van der Waals surface area contributed by atoms with Gasteiger partial charge in [0.15, 0.2) is 11.6 Å². The van der Waals surface area contributed by atoms with Crippen LogP contribution in [0, 0.1) is 23.3 Å². The molecule has 0 atom stereocenters. The van der Waals surface area contributed by atoms with Crippen LogP contribution in [0.5, 0.6) is 0 Å². The molecule has 1 aromatic heterocycles. The van der Waals surface area contributed by atoms with Gasteiger partial charge in [0, 0.05) is 23.4 Å². The van der Waals surface area contributed by atoms with Crippen LogP contribution >= 0.6 is 0 Å². The Morgan fingerprint density at radius 3 is 2.38 bits per heavy atom. The van der Waals surface area contributed by atoms with E-state index in [-0.39, 0.29) is 5.52 Å². The summed E-state index contributed by atoms with van der Waals surface area (Å²) in [5, 5.41) is 8.46. The first-order chi connectivity index (χ1) is 11.3. The fourth-order valence-corrected chi connectivity index (χ4v) is 2.41. The third-order valence-electron chi connectivity index (χ3n) is 3.50. The summed E-state index contributed by atoms with van der Waals surface area (Å²) in [7, 11) is 0. The number of H-pyrrole nitrogens is 1. The van der Waals surface area contributed by atoms with E-state index in [1.807, 2.05) is 0 Å². The van der Waals surface area contributed by atoms with E-state index in [1.165, 1.54) is 0 Å². The number of nitrogens with one attached hydrogen (secondary N) is 1. The molecule has 0 radical (unpaired) electrons. The maximum Gasteiger partial charge on any atom is 0.341 e. The molecule has 8 heteroatoms. The number of benzene rings is 2. The van der Waals surface area contributed by atoms with Gasteiger partial charge in [-0.3, -0.25) is 4.79 Å². The normalized spacial score (nSPS) is 11.0. The molecule has 24 heavy (non-hydrogen) atoms. The van der Waals surface area contributed by atoms with E-state index < -0.39 is 56.7 Å². The number of hydrogen-bond acceptors (Lipinski definition) is 2. The molecule has 0 bridgehead atoms. The van der Waals surface area contributed by atoms with Crippen molar-refractivity contribution >= 4 is 16.9 Å². The number of carboxylic acid groups (broad SMARTS) is 1. The van der Waals surface area contributed by atoms with Crippen molar-refractivity contribution in [3.63, 3.8) is 0 Å². The predicted octanol–water partition coefficient (Wildman–Crippen LogP) is 3.45. The maximum absolute atomic E-state index is 14.2. The first-order valence-electron chi connectivity index (χ1n) is 6.53. The van der Waals surface area contributed by atoms with Crippen LogP contribution in [0.4, 0.5) is 17.6 Å². The van der Waals surface area contributed by atoms with E-state index >= 15 is 0 Å². The second-order valence-corrected chi connectivity index (χ2v) is 4.93. The molecule has 0 aliphatic rings. The Kier molecular flexibility index (Phi) is 3.59. The molecular weight excluding hydrogens is 330 g/mol. The standard InChI is InChI=1S/C16H7F4NO3/c17-6-1-2-7(10(18)3-6)12-13(20)11(19)4-8-14(12)21-5-9(15(8)22)16(23)24/h1-5H,(H,21,22)(H,23,24). The Labute approximate surface area is 131 Å². The zero-order chi connectivity index (χ0) is 17.6. The van der Waals surface area contributed by atoms with Gasteiger partial charge in [-0.05, 0) is 18.2 Å². The van der Waals surface area contributed by atoms with Crippen molar-refractivity contribution in [3.8, 4) is 11.1 Å². The molecule has 3 aromatic rings. The summed E-state index contributed by atoms with van der Waals surface area (Å²) < 4.78 is 55.1. The van der Waals surface area contributed by atoms with Gasteiger partial charge in [0.2, 0.25) is 5.43 Å². The minimum atomic E-state index is -1.56. The van der Waals surface area contributed by atoms with Gasteiger partial charge >= 0.3 is 5.97 Å². The quantitative estimate of drug-likeness (QED) is 0.704. The van der Waals surface area contributed by atoms with E-state index in [0.717, 1.165) is 18.3 Å². The second kappa shape index (κ2) is 5.48. The van der Waals surface area contributed by atoms with Gasteiger partial charge in [-0.2, -0.15) is 0 Å². The second-order valence-electron chi connectivity index (χ2n) is 4.93. The average Bonchev–Trinajstić information content (AvgIpc) is 2.51. The largest absolute Gasteiger partial charge is 0.477 e. The molecule has 4 nitrogen and oxygen atoms in total. The Bertz CT molecular complexity index is 1060. The average molecular weight is 337 g/mol. The highest BCUT2D eigenvalue weighted by Crippen LogP contribution is 2.32. The van der Waals surface area contributed by atoms with Crippen molar-refractivity contribution in [2.75, 3.05) is 0 Å². The highest BCUT2D eigenvalue weighted by atomic mass is 19.2. The molecule has 2 aromatic carbocycles. The Morgan fingerprint density at radius 1 is 1.04 bits per heavy atom. The fourth-order valence-electron chi connectivity index (χ4n) is 2.41. The molecule has 0 spiro atoms. The van der Waals surface area contributed by atoms with Gasteiger partial charge in [-0.1, -0.05) is 0 Å². The van der Waals surface area contributed by atoms with Gasteiger partial charge in [0.1, 0.15) is 17.2 Å². The van der Waals surface area contributed by atoms with E-state index in [4.69, 9.17) is 5.11 Å². The van der Waals surface area contributed by atoms with Crippen LogP contribution in [0.15, 0.2) is 35.3 Å². The molecule has 122 valence electrons. The van der Waals surface area contributed by atoms with E-state index in [0.29, 0.717) is 12.1 Å². The third-order valence-corrected chi connectivity index (χ3v) is 3.50. The first kappa shape index (κ1) is 15.7. The van der Waals surface area contributed by atoms with Gasteiger partial charge in [-0.25, -0.2) is 22.4 Å². The van der Waals surface area contributed by atoms with Crippen LogP contribution in [0.25, 0.3) is 22.0 Å². The van der Waals surface area contributed by atoms with E-state index in [2.05, 4.69) is 4.98 Å². The monoisotopic (exact) mass is 337 g/mol. The van der Waals surface area contributed by atoms with E-state index in [1.54, 1.807) is 0 Å². The number of pyridine rings is 1. The SMILES string of the molecule is O=C(O)c1c[nH]c2c(-c3ccc(F)cc3F)c(F)c(F)cc2c1=O. The van der Waals surface area contributed by atoms with Crippen molar-refractivity contribution in [2.45, 2.75) is 0 Å². The Morgan fingerprint density at radius 2 is 1.75 bits per heavy atom. The molecule has 0 amide bonds. The summed E-state index contributed by atoms with van der Waals surface area (Å²) in [4.78, 5) is 25.5. The number of fused-ring (bicyclic) bond motifs is 1. The molecule has 0 fully saturated rings. The van der Waals surface area contributed by atoms with Crippen LogP contribution in [-0.2, 0) is 0 Å². The number of carboxylic acids is 1. The van der Waals surface area contributed by atoms with Crippen molar-refractivity contribution in [3.05, 3.63) is 69.5 Å². The number of carbonyl (C=O) groups is 1. The minimum Gasteiger partial charge on any atom is -0.477 e. The lowest BCUT2D eigenvalue weighted by Crippen LogP contribution is -2.16. The molecule has 0 aliphatic heterocycles. The number of halogens is 4. The third kappa shape index (κ3) is 2.32. The minimum absolute atomic E-state index is 0.297. The lowest BCUT2D eigenvalue weighted by molar-refractivity contribution is 0.0695. The summed E-state index contributed by atoms with van der Waals surface area (Å²) in [5.74, 6) is -6.55. The van der Waals surface area contributed by atoms with Gasteiger partial charge in [-0.15, -0.1) is 0 Å². The van der Waals surface area contributed by atoms with Crippen molar-refractivity contribution in [2.24, 2.45) is 0 Å². The molecule has 1 heterocycles. The summed E-state index contributed by atoms with van der Waals surface area (Å²) in [6, 6.07) is 2.75. The fraction of sp³-hybridized carbons (Fsp3) is 0. The molecule has 0 saturated carbocycles. The van der Waals surface area contributed by atoms with Crippen LogP contribution in [0.2, 0.25) is 0 Å². The number of aromatic amines is 1. The van der Waals surface area contributed by atoms with Crippen molar-refractivity contribution < 1.29 is 27.5 Å². The molecular formula is C16H7F4NO3.